The normalized spacial score (nSPS) is 17.6. The molecule has 2 aromatic carbocycles. The molecule has 0 amide bonds. The maximum atomic E-state index is 13.2. The van der Waals surface area contributed by atoms with Crippen LogP contribution in [-0.2, 0) is 10.9 Å². The number of allylic oxidation sites excluding steroid dienone is 2. The Hall–Kier alpha value is -2.41. The zero-order valence-electron chi connectivity index (χ0n) is 15.2. The van der Waals surface area contributed by atoms with Gasteiger partial charge in [-0.1, -0.05) is 0 Å². The van der Waals surface area contributed by atoms with E-state index in [2.05, 4.69) is 0 Å². The summed E-state index contributed by atoms with van der Waals surface area (Å²) in [6.45, 7) is 1.77. The van der Waals surface area contributed by atoms with Crippen molar-refractivity contribution < 1.29 is 27.5 Å². The van der Waals surface area contributed by atoms with Gasteiger partial charge in [0.25, 0.3) is 0 Å². The van der Waals surface area contributed by atoms with Crippen molar-refractivity contribution in [2.24, 2.45) is 0 Å². The first-order valence-corrected chi connectivity index (χ1v) is 10.7. The van der Waals surface area contributed by atoms with Gasteiger partial charge >= 0.3 is 171 Å². The Bertz CT molecular complexity index is 1010. The monoisotopic (exact) mass is 467 g/mol. The van der Waals surface area contributed by atoms with E-state index in [4.69, 9.17) is 4.74 Å². The number of alkyl halides is 3. The van der Waals surface area contributed by atoms with Gasteiger partial charge in [-0.25, -0.2) is 0 Å². The van der Waals surface area contributed by atoms with Crippen LogP contribution in [0.5, 0.6) is 0 Å². The summed E-state index contributed by atoms with van der Waals surface area (Å²) in [6, 6.07) is 11.5. The molecular weight excluding hydrogens is 450 g/mol. The van der Waals surface area contributed by atoms with Crippen LogP contribution in [0.1, 0.15) is 26.3 Å². The zero-order valence-corrected chi connectivity index (χ0v) is 16.9. The van der Waals surface area contributed by atoms with Gasteiger partial charge in [0.1, 0.15) is 0 Å². The molecule has 0 bridgehead atoms. The Balaban J connectivity index is 1.80. The van der Waals surface area contributed by atoms with Gasteiger partial charge in [-0.3, -0.25) is 0 Å². The molecular formula is C21H16F3NO3Se. The van der Waals surface area contributed by atoms with Gasteiger partial charge in [-0.2, -0.15) is 0 Å². The van der Waals surface area contributed by atoms with Crippen molar-refractivity contribution in [3.05, 3.63) is 75.4 Å². The second kappa shape index (κ2) is 7.78. The Kier molecular flexibility index (Phi) is 5.34. The summed E-state index contributed by atoms with van der Waals surface area (Å²) in [4.78, 5) is 28.3. The second-order valence-electron chi connectivity index (χ2n) is 6.61. The SMILES string of the molecule is O=C1C([Se]c2cccc(C(F)(F)F)c2)=C(N2CCOCC2)C(=O)c2ccccc21. The second-order valence-corrected chi connectivity index (χ2v) is 8.88. The number of morpholine rings is 1. The molecule has 4 nitrogen and oxygen atoms in total. The number of hydrogen-bond donors (Lipinski definition) is 0. The Labute approximate surface area is 171 Å². The van der Waals surface area contributed by atoms with Crippen molar-refractivity contribution in [1.29, 1.82) is 0 Å². The average Bonchev–Trinajstić information content (AvgIpc) is 2.72. The molecule has 1 fully saturated rings. The number of ketones is 2. The number of benzene rings is 2. The summed E-state index contributed by atoms with van der Waals surface area (Å²) in [5.74, 6) is -0.551. The van der Waals surface area contributed by atoms with Gasteiger partial charge < -0.3 is 0 Å². The molecule has 4 rings (SSSR count). The van der Waals surface area contributed by atoms with Crippen molar-refractivity contribution >= 4 is 31.0 Å². The van der Waals surface area contributed by atoms with Gasteiger partial charge in [0.05, 0.1) is 0 Å². The van der Waals surface area contributed by atoms with Gasteiger partial charge in [-0.05, 0) is 0 Å². The molecule has 0 aromatic heterocycles. The molecule has 2 aliphatic rings. The number of rotatable bonds is 3. The third kappa shape index (κ3) is 3.88. The fraction of sp³-hybridized carbons (Fsp3) is 0.238. The van der Waals surface area contributed by atoms with E-state index < -0.39 is 26.7 Å². The van der Waals surface area contributed by atoms with E-state index in [1.165, 1.54) is 6.07 Å². The zero-order chi connectivity index (χ0) is 20.6. The number of carbonyl (C=O) groups excluding carboxylic acids is 2. The van der Waals surface area contributed by atoms with Crippen LogP contribution in [0.25, 0.3) is 0 Å². The minimum atomic E-state index is -4.47. The van der Waals surface area contributed by atoms with Crippen molar-refractivity contribution in [3.63, 3.8) is 0 Å². The van der Waals surface area contributed by atoms with Crippen LogP contribution in [0.4, 0.5) is 13.2 Å². The predicted molar refractivity (Wildman–Crippen MR) is 101 cm³/mol. The summed E-state index contributed by atoms with van der Waals surface area (Å²) in [6.07, 6.45) is -4.47. The summed E-state index contributed by atoms with van der Waals surface area (Å²) < 4.78 is 45.3. The van der Waals surface area contributed by atoms with Crippen LogP contribution in [0.3, 0.4) is 0 Å². The van der Waals surface area contributed by atoms with E-state index in [1.54, 1.807) is 30.3 Å². The first-order chi connectivity index (χ1) is 13.9. The molecule has 1 heterocycles. The van der Waals surface area contributed by atoms with Crippen LogP contribution < -0.4 is 4.46 Å². The fourth-order valence-electron chi connectivity index (χ4n) is 3.36. The quantitative estimate of drug-likeness (QED) is 0.653. The summed E-state index contributed by atoms with van der Waals surface area (Å²) >= 11 is -0.755. The number of carbonyl (C=O) groups is 2. The molecule has 8 heteroatoms. The molecule has 0 spiro atoms. The topological polar surface area (TPSA) is 46.6 Å². The van der Waals surface area contributed by atoms with Gasteiger partial charge in [-0.15, -0.1) is 0 Å². The van der Waals surface area contributed by atoms with E-state index in [-0.39, 0.29) is 11.6 Å². The van der Waals surface area contributed by atoms with Crippen molar-refractivity contribution in [2.75, 3.05) is 26.3 Å². The van der Waals surface area contributed by atoms with Crippen molar-refractivity contribution in [3.8, 4) is 0 Å². The maximum absolute atomic E-state index is 13.2. The van der Waals surface area contributed by atoms with Crippen molar-refractivity contribution in [2.45, 2.75) is 6.18 Å². The van der Waals surface area contributed by atoms with Crippen molar-refractivity contribution in [1.82, 2.24) is 4.90 Å². The number of fused-ring (bicyclic) bond motifs is 1. The summed E-state index contributed by atoms with van der Waals surface area (Å²) in [5.41, 5.74) is 0.177. The van der Waals surface area contributed by atoms with Gasteiger partial charge in [0, 0.05) is 0 Å². The number of ether oxygens (including phenoxy) is 1. The van der Waals surface area contributed by atoms with Crippen LogP contribution in [0, 0.1) is 0 Å². The summed E-state index contributed by atoms with van der Waals surface area (Å²) in [7, 11) is 0. The number of Topliss-reactive ketones (excluding diaryl/α,β-unsaturated/α-hetero) is 2. The number of hydrogen-bond acceptors (Lipinski definition) is 4. The van der Waals surface area contributed by atoms with E-state index in [0.717, 1.165) is 12.1 Å². The summed E-state index contributed by atoms with van der Waals surface area (Å²) in [5, 5.41) is 0. The molecule has 150 valence electrons. The number of halogens is 3. The minimum absolute atomic E-state index is 0.258. The van der Waals surface area contributed by atoms with Crippen LogP contribution in [0.15, 0.2) is 58.7 Å². The molecule has 1 saturated heterocycles. The predicted octanol–water partition coefficient (Wildman–Crippen LogP) is 2.66. The Morgan fingerprint density at radius 1 is 0.897 bits per heavy atom. The molecule has 0 unspecified atom stereocenters. The molecule has 1 aliphatic heterocycles. The van der Waals surface area contributed by atoms with E-state index >= 15 is 0 Å². The van der Waals surface area contributed by atoms with E-state index in [9.17, 15) is 22.8 Å². The number of nitrogens with zero attached hydrogens (tertiary/aromatic N) is 1. The molecule has 29 heavy (non-hydrogen) atoms. The van der Waals surface area contributed by atoms with E-state index in [0.29, 0.717) is 52.1 Å². The standard InChI is InChI=1S/C21H16F3NO3Se/c22-21(23,24)13-4-3-5-14(12-13)29-20-17(25-8-10-28-11-9-25)18(26)15-6-1-2-7-16(15)19(20)27/h1-7,12H,8-11H2. The Morgan fingerprint density at radius 3 is 2.21 bits per heavy atom. The molecule has 0 atom stereocenters. The van der Waals surface area contributed by atoms with E-state index in [1.807, 2.05) is 4.90 Å². The molecule has 0 saturated carbocycles. The van der Waals surface area contributed by atoms with Crippen LogP contribution >= 0.6 is 0 Å². The Morgan fingerprint density at radius 2 is 1.55 bits per heavy atom. The molecule has 2 aromatic rings. The third-order valence-electron chi connectivity index (χ3n) is 4.76. The first-order valence-electron chi connectivity index (χ1n) is 8.97. The molecule has 0 radical (unpaired) electrons. The van der Waals surface area contributed by atoms with Crippen LogP contribution in [-0.4, -0.2) is 57.7 Å². The fourth-order valence-corrected chi connectivity index (χ4v) is 5.65. The van der Waals surface area contributed by atoms with Gasteiger partial charge in [0.2, 0.25) is 0 Å². The average molecular weight is 466 g/mol. The van der Waals surface area contributed by atoms with Crippen LogP contribution in [0.2, 0.25) is 0 Å². The molecule has 1 aliphatic carbocycles. The molecule has 0 N–H and O–H groups in total. The third-order valence-corrected chi connectivity index (χ3v) is 7.01. The van der Waals surface area contributed by atoms with Gasteiger partial charge in [0.15, 0.2) is 0 Å². The first kappa shape index (κ1) is 19.9.